The van der Waals surface area contributed by atoms with Crippen molar-refractivity contribution in [2.75, 3.05) is 0 Å². The maximum absolute atomic E-state index is 12.2. The Bertz CT molecular complexity index is 600. The molecular weight excluding hydrogens is 280 g/mol. The number of hydrogen-bond acceptors (Lipinski definition) is 3. The van der Waals surface area contributed by atoms with Crippen LogP contribution >= 0.6 is 0 Å². The van der Waals surface area contributed by atoms with E-state index < -0.39 is 16.0 Å². The molecule has 0 aliphatic heterocycles. The second-order valence-corrected chi connectivity index (χ2v) is 7.17. The second-order valence-electron chi connectivity index (χ2n) is 5.45. The van der Waals surface area contributed by atoms with E-state index in [4.69, 9.17) is 5.11 Å². The van der Waals surface area contributed by atoms with Crippen molar-refractivity contribution in [3.63, 3.8) is 0 Å². The fourth-order valence-electron chi connectivity index (χ4n) is 2.52. The van der Waals surface area contributed by atoms with Gasteiger partial charge in [-0.1, -0.05) is 13.8 Å². The van der Waals surface area contributed by atoms with Crippen LogP contribution in [0.15, 0.2) is 17.2 Å². The summed E-state index contributed by atoms with van der Waals surface area (Å²) in [7, 11) is -3.63. The van der Waals surface area contributed by atoms with E-state index in [9.17, 15) is 13.2 Å². The first-order chi connectivity index (χ1) is 9.33. The van der Waals surface area contributed by atoms with Crippen molar-refractivity contribution in [3.05, 3.63) is 18.0 Å². The molecular formula is C13H20N2O4S. The lowest BCUT2D eigenvalue weighted by Gasteiger charge is -2.32. The number of aromatic nitrogens is 1. The maximum Gasteiger partial charge on any atom is 0.352 e. The highest BCUT2D eigenvalue weighted by molar-refractivity contribution is 7.89. The monoisotopic (exact) mass is 300 g/mol. The Balaban J connectivity index is 2.22. The van der Waals surface area contributed by atoms with Gasteiger partial charge in [-0.25, -0.2) is 17.9 Å². The molecule has 20 heavy (non-hydrogen) atoms. The van der Waals surface area contributed by atoms with Crippen LogP contribution < -0.4 is 4.72 Å². The molecule has 0 spiro atoms. The van der Waals surface area contributed by atoms with Crippen molar-refractivity contribution in [2.45, 2.75) is 50.6 Å². The molecule has 0 saturated heterocycles. The van der Waals surface area contributed by atoms with E-state index in [0.29, 0.717) is 12.5 Å². The number of carboxylic acids is 1. The van der Waals surface area contributed by atoms with Crippen LogP contribution in [0.4, 0.5) is 0 Å². The third-order valence-electron chi connectivity index (χ3n) is 3.56. The summed E-state index contributed by atoms with van der Waals surface area (Å²) in [6, 6.07) is 1.19. The summed E-state index contributed by atoms with van der Waals surface area (Å²) in [4.78, 5) is 11.2. The van der Waals surface area contributed by atoms with Crippen LogP contribution in [0.1, 0.15) is 43.6 Å². The van der Waals surface area contributed by atoms with Crippen LogP contribution in [0.5, 0.6) is 0 Å². The number of sulfonamides is 1. The minimum absolute atomic E-state index is 0.00852. The van der Waals surface area contributed by atoms with Gasteiger partial charge in [0.1, 0.15) is 10.6 Å². The summed E-state index contributed by atoms with van der Waals surface area (Å²) < 4.78 is 28.5. The van der Waals surface area contributed by atoms with Crippen LogP contribution in [0, 0.1) is 5.92 Å². The van der Waals surface area contributed by atoms with E-state index in [2.05, 4.69) is 11.6 Å². The van der Waals surface area contributed by atoms with E-state index in [-0.39, 0.29) is 16.6 Å². The molecule has 0 amide bonds. The Morgan fingerprint density at radius 1 is 1.50 bits per heavy atom. The average Bonchev–Trinajstić information content (AvgIpc) is 2.72. The Morgan fingerprint density at radius 2 is 2.15 bits per heavy atom. The normalized spacial score (nSPS) is 22.5. The van der Waals surface area contributed by atoms with Crippen molar-refractivity contribution in [1.29, 1.82) is 0 Å². The lowest BCUT2D eigenvalue weighted by atomic mass is 9.83. The van der Waals surface area contributed by atoms with Crippen LogP contribution in [0.3, 0.4) is 0 Å². The summed E-state index contributed by atoms with van der Waals surface area (Å²) in [5.74, 6) is -0.570. The van der Waals surface area contributed by atoms with E-state index >= 15 is 0 Å². The van der Waals surface area contributed by atoms with Gasteiger partial charge in [0, 0.05) is 18.8 Å². The van der Waals surface area contributed by atoms with Gasteiger partial charge in [-0.2, -0.15) is 0 Å². The highest BCUT2D eigenvalue weighted by Crippen LogP contribution is 2.28. The van der Waals surface area contributed by atoms with Crippen molar-refractivity contribution in [1.82, 2.24) is 9.29 Å². The SMILES string of the molecule is CCCn1cc(S(=O)(=O)NC2CC(C)C2)cc1C(=O)O. The third-order valence-corrected chi connectivity index (χ3v) is 5.05. The zero-order valence-corrected chi connectivity index (χ0v) is 12.5. The minimum atomic E-state index is -3.63. The van der Waals surface area contributed by atoms with Crippen LogP contribution in [0.25, 0.3) is 0 Å². The first kappa shape index (κ1) is 15.1. The number of aromatic carboxylic acids is 1. The van der Waals surface area contributed by atoms with Gasteiger partial charge in [0.15, 0.2) is 0 Å². The van der Waals surface area contributed by atoms with Gasteiger partial charge < -0.3 is 9.67 Å². The van der Waals surface area contributed by atoms with Crippen LogP contribution in [-0.2, 0) is 16.6 Å². The molecule has 2 N–H and O–H groups in total. The number of rotatable bonds is 6. The van der Waals surface area contributed by atoms with E-state index in [1.54, 1.807) is 0 Å². The summed E-state index contributed by atoms with van der Waals surface area (Å²) >= 11 is 0. The lowest BCUT2D eigenvalue weighted by molar-refractivity contribution is 0.0685. The van der Waals surface area contributed by atoms with Gasteiger partial charge in [-0.05, 0) is 31.2 Å². The van der Waals surface area contributed by atoms with Gasteiger partial charge in [0.2, 0.25) is 10.0 Å². The molecule has 0 unspecified atom stereocenters. The van der Waals surface area contributed by atoms with E-state index in [0.717, 1.165) is 19.3 Å². The number of nitrogens with zero attached hydrogens (tertiary/aromatic N) is 1. The molecule has 1 saturated carbocycles. The molecule has 1 aliphatic carbocycles. The standard InChI is InChI=1S/C13H20N2O4S/c1-3-4-15-8-11(7-12(15)13(16)17)20(18,19)14-10-5-9(2)6-10/h7-10,14H,3-6H2,1-2H3,(H,16,17). The summed E-state index contributed by atoms with van der Waals surface area (Å²) in [6.45, 7) is 4.47. The Hall–Kier alpha value is -1.34. The van der Waals surface area contributed by atoms with E-state index in [1.807, 2.05) is 6.92 Å². The first-order valence-corrected chi connectivity index (χ1v) is 8.27. The summed E-state index contributed by atoms with van der Waals surface area (Å²) in [5.41, 5.74) is 0.00852. The predicted molar refractivity (Wildman–Crippen MR) is 74.2 cm³/mol. The molecule has 1 fully saturated rings. The number of carboxylic acid groups (broad SMARTS) is 1. The van der Waals surface area contributed by atoms with E-state index in [1.165, 1.54) is 16.8 Å². The zero-order valence-electron chi connectivity index (χ0n) is 11.7. The van der Waals surface area contributed by atoms with Crippen molar-refractivity contribution >= 4 is 16.0 Å². The molecule has 1 heterocycles. The van der Waals surface area contributed by atoms with Gasteiger partial charge in [0.05, 0.1) is 0 Å². The predicted octanol–water partition coefficient (Wildman–Crippen LogP) is 1.67. The van der Waals surface area contributed by atoms with Crippen LogP contribution in [-0.4, -0.2) is 30.1 Å². The largest absolute Gasteiger partial charge is 0.477 e. The molecule has 2 rings (SSSR count). The molecule has 6 nitrogen and oxygen atoms in total. The van der Waals surface area contributed by atoms with Crippen molar-refractivity contribution in [2.24, 2.45) is 5.92 Å². The van der Waals surface area contributed by atoms with Gasteiger partial charge in [0.25, 0.3) is 0 Å². The smallest absolute Gasteiger partial charge is 0.352 e. The molecule has 1 aromatic rings. The number of hydrogen-bond donors (Lipinski definition) is 2. The molecule has 1 aromatic heterocycles. The minimum Gasteiger partial charge on any atom is -0.477 e. The van der Waals surface area contributed by atoms with Crippen molar-refractivity contribution in [3.8, 4) is 0 Å². The number of nitrogens with one attached hydrogen (secondary N) is 1. The number of aryl methyl sites for hydroxylation is 1. The highest BCUT2D eigenvalue weighted by atomic mass is 32.2. The summed E-state index contributed by atoms with van der Waals surface area (Å²) in [5, 5.41) is 9.11. The second kappa shape index (κ2) is 5.57. The molecule has 1 aliphatic rings. The quantitative estimate of drug-likeness (QED) is 0.836. The van der Waals surface area contributed by atoms with Gasteiger partial charge in [-0.15, -0.1) is 0 Å². The Kier molecular flexibility index (Phi) is 4.19. The Labute approximate surface area is 118 Å². The third kappa shape index (κ3) is 3.04. The van der Waals surface area contributed by atoms with Gasteiger partial charge >= 0.3 is 5.97 Å². The fourth-order valence-corrected chi connectivity index (χ4v) is 3.82. The lowest BCUT2D eigenvalue weighted by Crippen LogP contribution is -2.43. The topological polar surface area (TPSA) is 88.4 Å². The van der Waals surface area contributed by atoms with Gasteiger partial charge in [-0.3, -0.25) is 0 Å². The first-order valence-electron chi connectivity index (χ1n) is 6.79. The Morgan fingerprint density at radius 3 is 2.65 bits per heavy atom. The van der Waals surface area contributed by atoms with Crippen LogP contribution in [0.2, 0.25) is 0 Å². The zero-order chi connectivity index (χ0) is 14.9. The highest BCUT2D eigenvalue weighted by Gasteiger charge is 2.31. The molecule has 0 bridgehead atoms. The van der Waals surface area contributed by atoms with Crippen molar-refractivity contribution < 1.29 is 18.3 Å². The molecule has 7 heteroatoms. The molecule has 0 radical (unpaired) electrons. The molecule has 112 valence electrons. The average molecular weight is 300 g/mol. The molecule has 0 atom stereocenters. The fraction of sp³-hybridized carbons (Fsp3) is 0.615. The molecule has 0 aromatic carbocycles. The summed E-state index contributed by atoms with van der Waals surface area (Å²) in [6.07, 6.45) is 3.81. The maximum atomic E-state index is 12.2. The number of carbonyl (C=O) groups is 1.